The first-order valence-corrected chi connectivity index (χ1v) is 8.92. The lowest BCUT2D eigenvalue weighted by molar-refractivity contribution is -0.00439. The molecule has 3 heterocycles. The molecule has 0 radical (unpaired) electrons. The molecule has 102 valence electrons. The highest BCUT2D eigenvalue weighted by atomic mass is 32.2. The molecule has 3 saturated heterocycles. The van der Waals surface area contributed by atoms with Gasteiger partial charge in [-0.2, -0.15) is 0 Å². The van der Waals surface area contributed by atoms with Crippen LogP contribution in [0.1, 0.15) is 46.0 Å². The molecule has 0 atom stereocenters. The summed E-state index contributed by atoms with van der Waals surface area (Å²) in [7, 11) is 0. The SMILES string of the molecule is C#CCCCCC12OCC(CC(C)C)(CS1)CS2. The summed E-state index contributed by atoms with van der Waals surface area (Å²) in [5.41, 5.74) is 0.448. The molecular formula is C15H24OS2. The van der Waals surface area contributed by atoms with Crippen molar-refractivity contribution in [2.75, 3.05) is 18.1 Å². The molecule has 18 heavy (non-hydrogen) atoms. The summed E-state index contributed by atoms with van der Waals surface area (Å²) in [6, 6.07) is 0. The van der Waals surface area contributed by atoms with Gasteiger partial charge < -0.3 is 4.74 Å². The zero-order valence-corrected chi connectivity index (χ0v) is 13.2. The summed E-state index contributed by atoms with van der Waals surface area (Å²) in [6.45, 7) is 5.61. The van der Waals surface area contributed by atoms with E-state index >= 15 is 0 Å². The molecular weight excluding hydrogens is 260 g/mol. The minimum atomic E-state index is 0.0628. The monoisotopic (exact) mass is 284 g/mol. The minimum Gasteiger partial charge on any atom is -0.354 e. The van der Waals surface area contributed by atoms with Crippen LogP contribution in [0.5, 0.6) is 0 Å². The molecule has 3 rings (SSSR count). The third-order valence-electron chi connectivity index (χ3n) is 3.69. The van der Waals surface area contributed by atoms with Crippen molar-refractivity contribution < 1.29 is 4.74 Å². The molecule has 0 aromatic carbocycles. The van der Waals surface area contributed by atoms with Gasteiger partial charge in [0.1, 0.15) is 0 Å². The van der Waals surface area contributed by atoms with Gasteiger partial charge in [0.25, 0.3) is 0 Å². The van der Waals surface area contributed by atoms with Gasteiger partial charge in [0.2, 0.25) is 0 Å². The molecule has 0 N–H and O–H groups in total. The molecule has 3 aliphatic rings. The maximum Gasteiger partial charge on any atom is 0.160 e. The van der Waals surface area contributed by atoms with Crippen LogP contribution in [0.3, 0.4) is 0 Å². The fourth-order valence-electron chi connectivity index (χ4n) is 2.87. The molecule has 3 aliphatic heterocycles. The number of unbranched alkanes of at least 4 members (excludes halogenated alkanes) is 2. The fraction of sp³-hybridized carbons (Fsp3) is 0.867. The first-order valence-electron chi connectivity index (χ1n) is 6.95. The predicted molar refractivity (Wildman–Crippen MR) is 82.8 cm³/mol. The highest BCUT2D eigenvalue weighted by molar-refractivity contribution is 8.18. The lowest BCUT2D eigenvalue weighted by atomic mass is 9.84. The standard InChI is InChI=1S/C15H24OS2/c1-4-5-6-7-8-15-16-10-14(11-17-15,12-18-15)9-13(2)3/h1,13H,5-12H2,2-3H3. The summed E-state index contributed by atoms with van der Waals surface area (Å²) in [5, 5.41) is 0. The maximum atomic E-state index is 6.22. The predicted octanol–water partition coefficient (Wildman–Crippen LogP) is 4.38. The Morgan fingerprint density at radius 3 is 2.50 bits per heavy atom. The highest BCUT2D eigenvalue weighted by Crippen LogP contribution is 2.58. The Morgan fingerprint density at radius 2 is 2.00 bits per heavy atom. The number of rotatable bonds is 6. The van der Waals surface area contributed by atoms with Gasteiger partial charge in [0.05, 0.1) is 6.61 Å². The van der Waals surface area contributed by atoms with Crippen LogP contribution in [0.4, 0.5) is 0 Å². The van der Waals surface area contributed by atoms with E-state index < -0.39 is 0 Å². The molecule has 0 saturated carbocycles. The van der Waals surface area contributed by atoms with Crippen molar-refractivity contribution >= 4 is 23.5 Å². The Morgan fingerprint density at radius 1 is 1.28 bits per heavy atom. The zero-order valence-electron chi connectivity index (χ0n) is 11.5. The summed E-state index contributed by atoms with van der Waals surface area (Å²) in [4.78, 5) is 0. The normalized spacial score (nSPS) is 34.8. The zero-order chi connectivity index (χ0) is 13.1. The van der Waals surface area contributed by atoms with Gasteiger partial charge in [-0.1, -0.05) is 13.8 Å². The first kappa shape index (κ1) is 14.6. The molecule has 3 heteroatoms. The quantitative estimate of drug-likeness (QED) is 0.529. The van der Waals surface area contributed by atoms with Crippen molar-refractivity contribution in [1.82, 2.24) is 0 Å². The number of thioether (sulfide) groups is 2. The van der Waals surface area contributed by atoms with Crippen molar-refractivity contribution in [3.8, 4) is 12.3 Å². The summed E-state index contributed by atoms with van der Waals surface area (Å²) < 4.78 is 6.29. The maximum absolute atomic E-state index is 6.22. The molecule has 1 nitrogen and oxygen atoms in total. The van der Waals surface area contributed by atoms with E-state index in [2.05, 4.69) is 19.8 Å². The number of hydrogen-bond donors (Lipinski definition) is 0. The van der Waals surface area contributed by atoms with E-state index in [0.717, 1.165) is 31.8 Å². The van der Waals surface area contributed by atoms with Crippen LogP contribution in [-0.2, 0) is 4.74 Å². The van der Waals surface area contributed by atoms with Crippen molar-refractivity contribution in [3.63, 3.8) is 0 Å². The largest absolute Gasteiger partial charge is 0.354 e. The van der Waals surface area contributed by atoms with Crippen molar-refractivity contribution in [3.05, 3.63) is 0 Å². The average Bonchev–Trinajstić information content (AvgIpc) is 2.36. The molecule has 0 aromatic heterocycles. The molecule has 0 unspecified atom stereocenters. The number of ether oxygens (including phenoxy) is 1. The van der Waals surface area contributed by atoms with Crippen LogP contribution in [0.15, 0.2) is 0 Å². The Hall–Kier alpha value is 0.220. The third-order valence-corrected chi connectivity index (χ3v) is 7.43. The average molecular weight is 284 g/mol. The molecule has 0 spiro atoms. The molecule has 0 aliphatic carbocycles. The van der Waals surface area contributed by atoms with Crippen molar-refractivity contribution in [2.45, 2.75) is 50.2 Å². The van der Waals surface area contributed by atoms with Crippen LogP contribution in [0, 0.1) is 23.7 Å². The summed E-state index contributed by atoms with van der Waals surface area (Å²) in [5.74, 6) is 6.06. The van der Waals surface area contributed by atoms with Crippen LogP contribution >= 0.6 is 23.5 Å². The Labute approximate surface area is 120 Å². The fourth-order valence-corrected chi connectivity index (χ4v) is 6.20. The number of fused-ring (bicyclic) bond motifs is 3. The van der Waals surface area contributed by atoms with E-state index in [0.29, 0.717) is 5.41 Å². The summed E-state index contributed by atoms with van der Waals surface area (Å²) in [6.07, 6.45) is 11.0. The van der Waals surface area contributed by atoms with Crippen LogP contribution in [-0.4, -0.2) is 22.4 Å². The van der Waals surface area contributed by atoms with E-state index in [1.165, 1.54) is 24.3 Å². The highest BCUT2D eigenvalue weighted by Gasteiger charge is 2.50. The summed E-state index contributed by atoms with van der Waals surface area (Å²) >= 11 is 4.10. The van der Waals surface area contributed by atoms with Gasteiger partial charge in [-0.15, -0.1) is 35.9 Å². The topological polar surface area (TPSA) is 9.23 Å². The van der Waals surface area contributed by atoms with Crippen LogP contribution < -0.4 is 0 Å². The third kappa shape index (κ3) is 3.40. The number of terminal acetylenes is 1. The number of hydrogen-bond acceptors (Lipinski definition) is 3. The van der Waals surface area contributed by atoms with Gasteiger partial charge in [-0.25, -0.2) is 0 Å². The second kappa shape index (κ2) is 6.11. The van der Waals surface area contributed by atoms with Gasteiger partial charge in [0.15, 0.2) is 4.27 Å². The van der Waals surface area contributed by atoms with Crippen LogP contribution in [0.25, 0.3) is 0 Å². The van der Waals surface area contributed by atoms with Gasteiger partial charge in [-0.3, -0.25) is 0 Å². The molecule has 2 bridgehead atoms. The van der Waals surface area contributed by atoms with Crippen molar-refractivity contribution in [2.24, 2.45) is 11.3 Å². The van der Waals surface area contributed by atoms with E-state index in [-0.39, 0.29) is 4.27 Å². The Bertz CT molecular complexity index is 294. The Kier molecular flexibility index (Phi) is 4.97. The molecule has 0 amide bonds. The van der Waals surface area contributed by atoms with E-state index in [9.17, 15) is 0 Å². The Balaban J connectivity index is 1.82. The van der Waals surface area contributed by atoms with E-state index in [1.807, 2.05) is 23.5 Å². The van der Waals surface area contributed by atoms with Gasteiger partial charge in [0, 0.05) is 23.3 Å². The molecule has 3 fully saturated rings. The van der Waals surface area contributed by atoms with Crippen LogP contribution in [0.2, 0.25) is 0 Å². The second-order valence-electron chi connectivity index (χ2n) is 6.06. The molecule has 0 aromatic rings. The van der Waals surface area contributed by atoms with Gasteiger partial charge >= 0.3 is 0 Å². The second-order valence-corrected chi connectivity index (χ2v) is 8.79. The minimum absolute atomic E-state index is 0.0628. The lowest BCUT2D eigenvalue weighted by Crippen LogP contribution is -2.50. The van der Waals surface area contributed by atoms with E-state index in [1.54, 1.807) is 0 Å². The first-order chi connectivity index (χ1) is 8.60. The lowest BCUT2D eigenvalue weighted by Gasteiger charge is -2.52. The van der Waals surface area contributed by atoms with E-state index in [4.69, 9.17) is 11.2 Å². The van der Waals surface area contributed by atoms with Gasteiger partial charge in [-0.05, 0) is 31.6 Å². The smallest absolute Gasteiger partial charge is 0.160 e. The van der Waals surface area contributed by atoms with Crippen molar-refractivity contribution in [1.29, 1.82) is 0 Å².